The summed E-state index contributed by atoms with van der Waals surface area (Å²) in [5, 5.41) is 17.2. The van der Waals surface area contributed by atoms with Gasteiger partial charge in [0.1, 0.15) is 0 Å². The second-order valence-electron chi connectivity index (χ2n) is 2.86. The Balaban J connectivity index is 3.39. The van der Waals surface area contributed by atoms with Crippen molar-refractivity contribution in [2.24, 2.45) is 0 Å². The molecule has 0 aromatic heterocycles. The van der Waals surface area contributed by atoms with E-state index in [0.29, 0.717) is 0 Å². The number of nitrogens with one attached hydrogen (secondary N) is 1. The number of hydrogen-bond acceptors (Lipinski definition) is 3. The van der Waals surface area contributed by atoms with Crippen molar-refractivity contribution in [2.45, 2.75) is 6.10 Å². The zero-order chi connectivity index (χ0) is 12.5. The lowest BCUT2D eigenvalue weighted by molar-refractivity contribution is 0.0865. The monoisotopic (exact) mass is 243 g/mol. The molecule has 1 atom stereocenters. The average Bonchev–Trinajstić information content (AvgIpc) is 2.24. The Hall–Kier alpha value is -1.25. The Kier molecular flexibility index (Phi) is 3.79. The summed E-state index contributed by atoms with van der Waals surface area (Å²) < 4.78 is 63.8. The summed E-state index contributed by atoms with van der Waals surface area (Å²) >= 11 is 0. The number of halogens is 5. The zero-order valence-electron chi connectivity index (χ0n) is 7.57. The molecule has 1 aromatic carbocycles. The number of aliphatic hydroxyl groups is 1. The number of benzene rings is 1. The maximum Gasteiger partial charge on any atom is 0.200 e. The van der Waals surface area contributed by atoms with Crippen molar-refractivity contribution in [3.63, 3.8) is 0 Å². The Bertz CT molecular complexity index is 383. The van der Waals surface area contributed by atoms with Crippen molar-refractivity contribution in [3.8, 4) is 0 Å². The van der Waals surface area contributed by atoms with Crippen LogP contribution < -0.4 is 5.48 Å². The minimum atomic E-state index is -2.30. The van der Waals surface area contributed by atoms with E-state index in [9.17, 15) is 22.0 Å². The molecule has 0 fully saturated rings. The molecule has 3 nitrogen and oxygen atoms in total. The molecular weight excluding hydrogens is 237 g/mol. The number of aliphatic hydroxyl groups excluding tert-OH is 1. The van der Waals surface area contributed by atoms with Crippen molar-refractivity contribution < 1.29 is 32.3 Å². The quantitative estimate of drug-likeness (QED) is 0.325. The lowest BCUT2D eigenvalue weighted by atomic mass is 10.1. The van der Waals surface area contributed by atoms with Crippen molar-refractivity contribution in [3.05, 3.63) is 34.6 Å². The molecule has 90 valence electrons. The van der Waals surface area contributed by atoms with Crippen LogP contribution in [0.4, 0.5) is 22.0 Å². The smallest absolute Gasteiger partial charge is 0.200 e. The molecule has 0 spiro atoms. The Morgan fingerprint density at radius 3 is 1.62 bits per heavy atom. The Morgan fingerprint density at radius 1 is 0.875 bits per heavy atom. The SMILES string of the molecule is ONCC(O)c1c(F)c(F)c(F)c(F)c1F. The fraction of sp³-hybridized carbons (Fsp3) is 0.250. The fourth-order valence-corrected chi connectivity index (χ4v) is 1.10. The lowest BCUT2D eigenvalue weighted by Gasteiger charge is -2.13. The molecular formula is C8H6F5NO2. The molecule has 16 heavy (non-hydrogen) atoms. The van der Waals surface area contributed by atoms with Gasteiger partial charge in [0.15, 0.2) is 23.3 Å². The molecule has 0 bridgehead atoms. The van der Waals surface area contributed by atoms with Gasteiger partial charge >= 0.3 is 0 Å². The molecule has 1 rings (SSSR count). The summed E-state index contributed by atoms with van der Waals surface area (Å²) in [6.07, 6.45) is -2.06. The summed E-state index contributed by atoms with van der Waals surface area (Å²) in [5.74, 6) is -10.8. The predicted octanol–water partition coefficient (Wildman–Crippen LogP) is 1.39. The molecule has 0 aliphatic rings. The highest BCUT2D eigenvalue weighted by Gasteiger charge is 2.29. The standard InChI is InChI=1S/C8H6F5NO2/c9-4-3(2(15)1-14-16)5(10)7(12)8(13)6(4)11/h2,14-16H,1H2. The Labute approximate surface area is 86.1 Å². The minimum Gasteiger partial charge on any atom is -0.387 e. The lowest BCUT2D eigenvalue weighted by Crippen LogP contribution is -2.21. The van der Waals surface area contributed by atoms with Gasteiger partial charge in [0.25, 0.3) is 0 Å². The van der Waals surface area contributed by atoms with E-state index in [1.807, 2.05) is 0 Å². The average molecular weight is 243 g/mol. The minimum absolute atomic E-state index is 0.779. The van der Waals surface area contributed by atoms with Gasteiger partial charge in [-0.1, -0.05) is 0 Å². The van der Waals surface area contributed by atoms with E-state index in [1.54, 1.807) is 0 Å². The van der Waals surface area contributed by atoms with Crippen LogP contribution in [0, 0.1) is 29.1 Å². The van der Waals surface area contributed by atoms with E-state index in [4.69, 9.17) is 10.3 Å². The van der Waals surface area contributed by atoms with Gasteiger partial charge in [-0.3, -0.25) is 0 Å². The summed E-state index contributed by atoms with van der Waals surface area (Å²) in [6, 6.07) is 0. The number of hydrogen-bond donors (Lipinski definition) is 3. The van der Waals surface area contributed by atoms with Crippen LogP contribution in [0.25, 0.3) is 0 Å². The first-order valence-corrected chi connectivity index (χ1v) is 3.98. The van der Waals surface area contributed by atoms with Gasteiger partial charge in [0.2, 0.25) is 5.82 Å². The third-order valence-electron chi connectivity index (χ3n) is 1.86. The third kappa shape index (κ3) is 1.99. The van der Waals surface area contributed by atoms with E-state index in [1.165, 1.54) is 5.48 Å². The maximum absolute atomic E-state index is 13.0. The number of hydroxylamine groups is 1. The second-order valence-corrected chi connectivity index (χ2v) is 2.86. The van der Waals surface area contributed by atoms with Crippen molar-refractivity contribution in [1.29, 1.82) is 0 Å². The van der Waals surface area contributed by atoms with E-state index in [2.05, 4.69) is 0 Å². The van der Waals surface area contributed by atoms with E-state index in [0.717, 1.165) is 0 Å². The largest absolute Gasteiger partial charge is 0.387 e. The molecule has 8 heteroatoms. The van der Waals surface area contributed by atoms with Crippen molar-refractivity contribution in [2.75, 3.05) is 6.54 Å². The molecule has 0 radical (unpaired) electrons. The van der Waals surface area contributed by atoms with Crippen molar-refractivity contribution in [1.82, 2.24) is 5.48 Å². The summed E-state index contributed by atoms with van der Waals surface area (Å²) in [4.78, 5) is 0. The normalized spacial score (nSPS) is 12.9. The summed E-state index contributed by atoms with van der Waals surface area (Å²) in [7, 11) is 0. The molecule has 0 amide bonds. The van der Waals surface area contributed by atoms with Crippen LogP contribution in [0.15, 0.2) is 0 Å². The van der Waals surface area contributed by atoms with Crippen LogP contribution in [0.5, 0.6) is 0 Å². The Morgan fingerprint density at radius 2 is 1.25 bits per heavy atom. The van der Waals surface area contributed by atoms with Gasteiger partial charge < -0.3 is 10.3 Å². The number of rotatable bonds is 3. The molecule has 3 N–H and O–H groups in total. The predicted molar refractivity (Wildman–Crippen MR) is 41.0 cm³/mol. The summed E-state index contributed by atoms with van der Waals surface area (Å²) in [6.45, 7) is -0.779. The van der Waals surface area contributed by atoms with E-state index < -0.39 is 47.3 Å². The van der Waals surface area contributed by atoms with Crippen LogP contribution in [-0.4, -0.2) is 16.9 Å². The molecule has 0 saturated heterocycles. The molecule has 0 saturated carbocycles. The molecule has 1 unspecified atom stereocenters. The highest BCUT2D eigenvalue weighted by Crippen LogP contribution is 2.27. The van der Waals surface area contributed by atoms with Crippen LogP contribution in [-0.2, 0) is 0 Å². The van der Waals surface area contributed by atoms with Crippen LogP contribution >= 0.6 is 0 Å². The summed E-state index contributed by atoms with van der Waals surface area (Å²) in [5.41, 5.74) is -0.0388. The first-order chi connectivity index (χ1) is 7.41. The fourth-order valence-electron chi connectivity index (χ4n) is 1.10. The highest BCUT2D eigenvalue weighted by atomic mass is 19.2. The molecule has 1 aromatic rings. The van der Waals surface area contributed by atoms with Crippen LogP contribution in [0.3, 0.4) is 0 Å². The first kappa shape index (κ1) is 12.8. The highest BCUT2D eigenvalue weighted by molar-refractivity contribution is 5.26. The molecule has 0 heterocycles. The van der Waals surface area contributed by atoms with Crippen molar-refractivity contribution >= 4 is 0 Å². The third-order valence-corrected chi connectivity index (χ3v) is 1.86. The first-order valence-electron chi connectivity index (χ1n) is 3.98. The molecule has 0 aliphatic heterocycles. The second kappa shape index (κ2) is 4.73. The van der Waals surface area contributed by atoms with Gasteiger partial charge in [0.05, 0.1) is 18.2 Å². The van der Waals surface area contributed by atoms with Crippen LogP contribution in [0.1, 0.15) is 11.7 Å². The van der Waals surface area contributed by atoms with Gasteiger partial charge in [0, 0.05) is 0 Å². The van der Waals surface area contributed by atoms with E-state index in [-0.39, 0.29) is 0 Å². The van der Waals surface area contributed by atoms with Gasteiger partial charge in [-0.15, -0.1) is 0 Å². The van der Waals surface area contributed by atoms with Gasteiger partial charge in [-0.05, 0) is 0 Å². The topological polar surface area (TPSA) is 52.5 Å². The van der Waals surface area contributed by atoms with Gasteiger partial charge in [-0.2, -0.15) is 0 Å². The van der Waals surface area contributed by atoms with Crippen LogP contribution in [0.2, 0.25) is 0 Å². The molecule has 0 aliphatic carbocycles. The van der Waals surface area contributed by atoms with E-state index >= 15 is 0 Å². The maximum atomic E-state index is 13.0. The zero-order valence-corrected chi connectivity index (χ0v) is 7.57. The van der Waals surface area contributed by atoms with Gasteiger partial charge in [-0.25, -0.2) is 27.4 Å².